The first-order chi connectivity index (χ1) is 14.1. The van der Waals surface area contributed by atoms with Crippen molar-refractivity contribution in [3.8, 4) is 5.75 Å². The molecular weight excluding hydrogens is 437 g/mol. The first-order valence-corrected chi connectivity index (χ1v) is 10.9. The lowest BCUT2D eigenvalue weighted by molar-refractivity contribution is -0.116. The number of halogens is 2. The Balaban J connectivity index is 1.92. The van der Waals surface area contributed by atoms with Gasteiger partial charge in [-0.15, -0.1) is 0 Å². The molecule has 3 N–H and O–H groups in total. The molecule has 162 valence electrons. The lowest BCUT2D eigenvalue weighted by Gasteiger charge is -2.13. The van der Waals surface area contributed by atoms with Gasteiger partial charge in [0.15, 0.2) is 0 Å². The van der Waals surface area contributed by atoms with Gasteiger partial charge in [0, 0.05) is 24.7 Å². The zero-order valence-electron chi connectivity index (χ0n) is 16.3. The molecule has 0 unspecified atom stereocenters. The minimum Gasteiger partial charge on any atom is -0.494 e. The van der Waals surface area contributed by atoms with E-state index in [1.165, 1.54) is 38.3 Å². The largest absolute Gasteiger partial charge is 0.494 e. The van der Waals surface area contributed by atoms with Gasteiger partial charge < -0.3 is 15.4 Å². The average Bonchev–Trinajstić information content (AvgIpc) is 2.68. The van der Waals surface area contributed by atoms with Crippen molar-refractivity contribution in [3.05, 3.63) is 52.8 Å². The standard InChI is InChI=1S/C19H21ClFN3O5S/c1-3-30(27,28)24-16-7-5-13(11-17(16)29-2)23-18(25)8-9-22-19(26)14-6-4-12(21)10-15(14)20/h4-7,10-11,24H,3,8-9H2,1-2H3,(H,22,26)(H,23,25). The van der Waals surface area contributed by atoms with Crippen LogP contribution in [0.4, 0.5) is 15.8 Å². The summed E-state index contributed by atoms with van der Waals surface area (Å²) in [5, 5.41) is 5.14. The normalized spacial score (nSPS) is 10.9. The molecule has 0 fully saturated rings. The van der Waals surface area contributed by atoms with Crippen molar-refractivity contribution >= 4 is 44.8 Å². The second-order valence-electron chi connectivity index (χ2n) is 6.10. The van der Waals surface area contributed by atoms with Crippen LogP contribution in [0.5, 0.6) is 5.75 Å². The zero-order chi connectivity index (χ0) is 22.3. The van der Waals surface area contributed by atoms with Gasteiger partial charge in [0.2, 0.25) is 15.9 Å². The number of ether oxygens (including phenoxy) is 1. The van der Waals surface area contributed by atoms with Gasteiger partial charge in [-0.1, -0.05) is 11.6 Å². The number of hydrogen-bond donors (Lipinski definition) is 3. The van der Waals surface area contributed by atoms with E-state index >= 15 is 0 Å². The Bertz CT molecular complexity index is 1050. The molecule has 11 heteroatoms. The summed E-state index contributed by atoms with van der Waals surface area (Å²) in [6, 6.07) is 7.87. The van der Waals surface area contributed by atoms with E-state index in [1.54, 1.807) is 0 Å². The molecule has 0 atom stereocenters. The van der Waals surface area contributed by atoms with Crippen molar-refractivity contribution < 1.29 is 27.1 Å². The van der Waals surface area contributed by atoms with Gasteiger partial charge in [-0.05, 0) is 37.3 Å². The predicted molar refractivity (Wildman–Crippen MR) is 113 cm³/mol. The highest BCUT2D eigenvalue weighted by Gasteiger charge is 2.14. The number of nitrogens with one attached hydrogen (secondary N) is 3. The van der Waals surface area contributed by atoms with E-state index in [9.17, 15) is 22.4 Å². The highest BCUT2D eigenvalue weighted by molar-refractivity contribution is 7.92. The van der Waals surface area contributed by atoms with Crippen molar-refractivity contribution in [2.75, 3.05) is 29.4 Å². The molecule has 0 bridgehead atoms. The molecule has 8 nitrogen and oxygen atoms in total. The third-order valence-corrected chi connectivity index (χ3v) is 5.55. The van der Waals surface area contributed by atoms with Crippen LogP contribution in [0.3, 0.4) is 0 Å². The number of carbonyl (C=O) groups excluding carboxylic acids is 2. The number of methoxy groups -OCH3 is 1. The van der Waals surface area contributed by atoms with Gasteiger partial charge in [-0.2, -0.15) is 0 Å². The van der Waals surface area contributed by atoms with E-state index < -0.39 is 21.7 Å². The number of rotatable bonds is 9. The Morgan fingerprint density at radius 1 is 1.17 bits per heavy atom. The minimum absolute atomic E-state index is 0.0252. The fourth-order valence-corrected chi connectivity index (χ4v) is 3.28. The fraction of sp³-hybridized carbons (Fsp3) is 0.263. The molecule has 2 amide bonds. The summed E-state index contributed by atoms with van der Waals surface area (Å²) in [7, 11) is -2.10. The van der Waals surface area contributed by atoms with E-state index in [2.05, 4.69) is 15.4 Å². The number of hydrogen-bond acceptors (Lipinski definition) is 5. The Morgan fingerprint density at radius 2 is 1.90 bits per heavy atom. The highest BCUT2D eigenvalue weighted by atomic mass is 35.5. The Labute approximate surface area is 178 Å². The van der Waals surface area contributed by atoms with Crippen molar-refractivity contribution in [2.24, 2.45) is 0 Å². The molecule has 0 aromatic heterocycles. The summed E-state index contributed by atoms with van der Waals surface area (Å²) >= 11 is 5.83. The van der Waals surface area contributed by atoms with Crippen molar-refractivity contribution in [1.82, 2.24) is 5.32 Å². The first kappa shape index (κ1) is 23.4. The summed E-state index contributed by atoms with van der Waals surface area (Å²) in [6.07, 6.45) is -0.0307. The molecular formula is C19H21ClFN3O5S. The second-order valence-corrected chi connectivity index (χ2v) is 8.52. The van der Waals surface area contributed by atoms with E-state index in [-0.39, 0.29) is 46.6 Å². The second kappa shape index (κ2) is 10.3. The summed E-state index contributed by atoms with van der Waals surface area (Å²) in [5.41, 5.74) is 0.748. The van der Waals surface area contributed by atoms with Crippen LogP contribution >= 0.6 is 11.6 Å². The topological polar surface area (TPSA) is 114 Å². The van der Waals surface area contributed by atoms with Gasteiger partial charge in [-0.25, -0.2) is 12.8 Å². The minimum atomic E-state index is -3.48. The molecule has 0 radical (unpaired) electrons. The third kappa shape index (κ3) is 6.60. The highest BCUT2D eigenvalue weighted by Crippen LogP contribution is 2.29. The molecule has 2 rings (SSSR count). The molecule has 0 saturated carbocycles. The number of benzene rings is 2. The van der Waals surface area contributed by atoms with Crippen LogP contribution in [-0.4, -0.2) is 39.6 Å². The van der Waals surface area contributed by atoms with Crippen LogP contribution in [0.2, 0.25) is 5.02 Å². The molecule has 0 spiro atoms. The van der Waals surface area contributed by atoms with Crippen LogP contribution in [0.1, 0.15) is 23.7 Å². The monoisotopic (exact) mass is 457 g/mol. The quantitative estimate of drug-likeness (QED) is 0.535. The molecule has 0 aliphatic heterocycles. The maximum absolute atomic E-state index is 13.0. The molecule has 2 aromatic carbocycles. The van der Waals surface area contributed by atoms with E-state index in [4.69, 9.17) is 16.3 Å². The number of carbonyl (C=O) groups is 2. The lowest BCUT2D eigenvalue weighted by atomic mass is 10.2. The predicted octanol–water partition coefficient (Wildman–Crippen LogP) is 3.01. The summed E-state index contributed by atoms with van der Waals surface area (Å²) in [4.78, 5) is 24.2. The molecule has 30 heavy (non-hydrogen) atoms. The van der Waals surface area contributed by atoms with Crippen molar-refractivity contribution in [2.45, 2.75) is 13.3 Å². The van der Waals surface area contributed by atoms with Crippen LogP contribution < -0.4 is 20.1 Å². The molecule has 0 heterocycles. The van der Waals surface area contributed by atoms with Crippen molar-refractivity contribution in [1.29, 1.82) is 0 Å². The third-order valence-electron chi connectivity index (χ3n) is 3.94. The number of anilines is 2. The van der Waals surface area contributed by atoms with Crippen LogP contribution in [0.15, 0.2) is 36.4 Å². The molecule has 0 aliphatic rings. The Hall–Kier alpha value is -2.85. The van der Waals surface area contributed by atoms with Crippen LogP contribution in [0, 0.1) is 5.82 Å². The maximum Gasteiger partial charge on any atom is 0.252 e. The van der Waals surface area contributed by atoms with E-state index in [1.807, 2.05) is 0 Å². The summed E-state index contributed by atoms with van der Waals surface area (Å²) in [5.74, 6) is -1.32. The molecule has 0 saturated heterocycles. The summed E-state index contributed by atoms with van der Waals surface area (Å²) in [6.45, 7) is 1.54. The van der Waals surface area contributed by atoms with Crippen LogP contribution in [-0.2, 0) is 14.8 Å². The van der Waals surface area contributed by atoms with Gasteiger partial charge in [0.1, 0.15) is 11.6 Å². The average molecular weight is 458 g/mol. The molecule has 0 aliphatic carbocycles. The van der Waals surface area contributed by atoms with Gasteiger partial charge in [0.25, 0.3) is 5.91 Å². The van der Waals surface area contributed by atoms with Gasteiger partial charge in [0.05, 0.1) is 29.1 Å². The lowest BCUT2D eigenvalue weighted by Crippen LogP contribution is -2.28. The van der Waals surface area contributed by atoms with Crippen molar-refractivity contribution in [3.63, 3.8) is 0 Å². The Morgan fingerprint density at radius 3 is 2.53 bits per heavy atom. The SMILES string of the molecule is CCS(=O)(=O)Nc1ccc(NC(=O)CCNC(=O)c2ccc(F)cc2Cl)cc1OC. The van der Waals surface area contributed by atoms with Gasteiger partial charge in [-0.3, -0.25) is 14.3 Å². The first-order valence-electron chi connectivity index (χ1n) is 8.86. The number of amides is 2. The Kier molecular flexibility index (Phi) is 8.01. The van der Waals surface area contributed by atoms with Crippen LogP contribution in [0.25, 0.3) is 0 Å². The van der Waals surface area contributed by atoms with E-state index in [0.717, 1.165) is 12.1 Å². The molecule has 2 aromatic rings. The zero-order valence-corrected chi connectivity index (χ0v) is 17.9. The van der Waals surface area contributed by atoms with Gasteiger partial charge >= 0.3 is 0 Å². The maximum atomic E-state index is 13.0. The smallest absolute Gasteiger partial charge is 0.252 e. The number of sulfonamides is 1. The fourth-order valence-electron chi connectivity index (χ4n) is 2.37. The van der Waals surface area contributed by atoms with E-state index in [0.29, 0.717) is 5.69 Å². The summed E-state index contributed by atoms with van der Waals surface area (Å²) < 4.78 is 44.0.